The van der Waals surface area contributed by atoms with E-state index in [-0.39, 0.29) is 18.8 Å². The van der Waals surface area contributed by atoms with Crippen molar-refractivity contribution >= 4 is 0 Å². The average molecular weight is 191 g/mol. The molecule has 13 heavy (non-hydrogen) atoms. The number of aliphatic hydroxyl groups excluding tert-OH is 2. The second-order valence-corrected chi connectivity index (χ2v) is 3.33. The summed E-state index contributed by atoms with van der Waals surface area (Å²) in [6.07, 6.45) is -2.15. The highest BCUT2D eigenvalue weighted by Crippen LogP contribution is 2.21. The highest BCUT2D eigenvalue weighted by Gasteiger charge is 2.41. The van der Waals surface area contributed by atoms with Crippen LogP contribution >= 0.6 is 0 Å². The monoisotopic (exact) mass is 191 g/mol. The van der Waals surface area contributed by atoms with Crippen LogP contribution in [0.3, 0.4) is 0 Å². The van der Waals surface area contributed by atoms with Crippen LogP contribution in [0.25, 0.3) is 0 Å². The van der Waals surface area contributed by atoms with Crippen LogP contribution in [-0.2, 0) is 9.47 Å². The van der Waals surface area contributed by atoms with Crippen LogP contribution < -0.4 is 5.73 Å². The lowest BCUT2D eigenvalue weighted by Crippen LogP contribution is -2.61. The van der Waals surface area contributed by atoms with Gasteiger partial charge >= 0.3 is 0 Å². The summed E-state index contributed by atoms with van der Waals surface area (Å²) in [4.78, 5) is 0. The number of methoxy groups -OCH3 is 1. The van der Waals surface area contributed by atoms with E-state index in [1.807, 2.05) is 0 Å². The summed E-state index contributed by atoms with van der Waals surface area (Å²) >= 11 is 0. The standard InChI is InChI=1S/C8H17NO4/c1-4-6(9)8(12-2)7(11)5(3-10)13-4/h4-8,10-11H,3,9H2,1-2H3/t4-,5?,6?,7?,8?/m1/s1. The van der Waals surface area contributed by atoms with Crippen LogP contribution in [0, 0.1) is 0 Å². The number of rotatable bonds is 2. The lowest BCUT2D eigenvalue weighted by molar-refractivity contribution is -0.191. The zero-order chi connectivity index (χ0) is 10.0. The zero-order valence-corrected chi connectivity index (χ0v) is 7.88. The number of ether oxygens (including phenoxy) is 2. The summed E-state index contributed by atoms with van der Waals surface area (Å²) in [6, 6.07) is -0.359. The predicted octanol–water partition coefficient (Wildman–Crippen LogP) is -1.53. The van der Waals surface area contributed by atoms with E-state index in [1.54, 1.807) is 6.92 Å². The molecule has 0 aromatic rings. The van der Waals surface area contributed by atoms with Gasteiger partial charge in [-0.3, -0.25) is 0 Å². The third-order valence-electron chi connectivity index (χ3n) is 2.48. The molecule has 0 saturated carbocycles. The Hall–Kier alpha value is -0.200. The molecule has 1 rings (SSSR count). The van der Waals surface area contributed by atoms with Crippen molar-refractivity contribution < 1.29 is 19.7 Å². The van der Waals surface area contributed by atoms with Crippen LogP contribution in [0.5, 0.6) is 0 Å². The number of hydrogen-bond donors (Lipinski definition) is 3. The molecule has 1 fully saturated rings. The zero-order valence-electron chi connectivity index (χ0n) is 7.88. The molecule has 4 unspecified atom stereocenters. The van der Waals surface area contributed by atoms with Gasteiger partial charge in [-0.25, -0.2) is 0 Å². The van der Waals surface area contributed by atoms with E-state index in [1.165, 1.54) is 7.11 Å². The fourth-order valence-corrected chi connectivity index (χ4v) is 1.60. The van der Waals surface area contributed by atoms with Crippen LogP contribution in [0.1, 0.15) is 6.92 Å². The Balaban J connectivity index is 2.69. The van der Waals surface area contributed by atoms with Crippen molar-refractivity contribution in [3.63, 3.8) is 0 Å². The molecule has 0 spiro atoms. The Kier molecular flexibility index (Phi) is 3.63. The maximum absolute atomic E-state index is 9.63. The smallest absolute Gasteiger partial charge is 0.110 e. The fourth-order valence-electron chi connectivity index (χ4n) is 1.60. The van der Waals surface area contributed by atoms with Crippen molar-refractivity contribution in [1.82, 2.24) is 0 Å². The van der Waals surface area contributed by atoms with Crippen LogP contribution in [-0.4, -0.2) is 54.4 Å². The minimum absolute atomic E-state index is 0.217. The van der Waals surface area contributed by atoms with Gasteiger partial charge in [0.1, 0.15) is 18.3 Å². The quantitative estimate of drug-likeness (QED) is 0.493. The van der Waals surface area contributed by atoms with Crippen molar-refractivity contribution in [3.8, 4) is 0 Å². The van der Waals surface area contributed by atoms with Gasteiger partial charge < -0.3 is 25.4 Å². The van der Waals surface area contributed by atoms with Crippen molar-refractivity contribution in [2.45, 2.75) is 37.4 Å². The molecule has 0 aromatic carbocycles. The van der Waals surface area contributed by atoms with E-state index in [2.05, 4.69) is 0 Å². The first kappa shape index (κ1) is 10.9. The highest BCUT2D eigenvalue weighted by molar-refractivity contribution is 4.93. The van der Waals surface area contributed by atoms with E-state index in [4.69, 9.17) is 20.3 Å². The van der Waals surface area contributed by atoms with Crippen molar-refractivity contribution in [2.24, 2.45) is 5.73 Å². The van der Waals surface area contributed by atoms with Gasteiger partial charge in [-0.05, 0) is 6.92 Å². The minimum Gasteiger partial charge on any atom is -0.394 e. The molecule has 1 heterocycles. The Morgan fingerprint density at radius 3 is 2.62 bits per heavy atom. The summed E-state index contributed by atoms with van der Waals surface area (Å²) < 4.78 is 10.3. The summed E-state index contributed by atoms with van der Waals surface area (Å²) in [5, 5.41) is 18.5. The Bertz CT molecular complexity index is 166. The molecular weight excluding hydrogens is 174 g/mol. The predicted molar refractivity (Wildman–Crippen MR) is 46.2 cm³/mol. The van der Waals surface area contributed by atoms with Gasteiger partial charge in [0.05, 0.1) is 18.8 Å². The summed E-state index contributed by atoms with van der Waals surface area (Å²) in [7, 11) is 1.49. The molecule has 0 bridgehead atoms. The molecule has 1 aliphatic heterocycles. The van der Waals surface area contributed by atoms with Gasteiger partial charge in [-0.1, -0.05) is 0 Å². The van der Waals surface area contributed by atoms with Crippen molar-refractivity contribution in [1.29, 1.82) is 0 Å². The van der Waals surface area contributed by atoms with Gasteiger partial charge in [-0.15, -0.1) is 0 Å². The molecule has 5 heteroatoms. The van der Waals surface area contributed by atoms with Gasteiger partial charge in [-0.2, -0.15) is 0 Å². The molecule has 5 atom stereocenters. The lowest BCUT2D eigenvalue weighted by atomic mass is 9.94. The summed E-state index contributed by atoms with van der Waals surface area (Å²) in [6.45, 7) is 1.57. The van der Waals surface area contributed by atoms with Gasteiger partial charge in [0.15, 0.2) is 0 Å². The Labute approximate surface area is 77.4 Å². The second-order valence-electron chi connectivity index (χ2n) is 3.33. The van der Waals surface area contributed by atoms with E-state index < -0.39 is 18.3 Å². The number of nitrogens with two attached hydrogens (primary N) is 1. The highest BCUT2D eigenvalue weighted by atomic mass is 16.5. The van der Waals surface area contributed by atoms with Crippen LogP contribution in [0.4, 0.5) is 0 Å². The maximum Gasteiger partial charge on any atom is 0.110 e. The van der Waals surface area contributed by atoms with E-state index in [0.29, 0.717) is 0 Å². The van der Waals surface area contributed by atoms with Crippen LogP contribution in [0.2, 0.25) is 0 Å². The topological polar surface area (TPSA) is 84.9 Å². The van der Waals surface area contributed by atoms with Gasteiger partial charge in [0.25, 0.3) is 0 Å². The molecule has 1 saturated heterocycles. The van der Waals surface area contributed by atoms with Crippen molar-refractivity contribution in [3.05, 3.63) is 0 Å². The van der Waals surface area contributed by atoms with Gasteiger partial charge in [0.2, 0.25) is 0 Å². The summed E-state index contributed by atoms with van der Waals surface area (Å²) in [5.74, 6) is 0. The molecular formula is C8H17NO4. The Morgan fingerprint density at radius 1 is 1.54 bits per heavy atom. The first-order valence-corrected chi connectivity index (χ1v) is 4.34. The second kappa shape index (κ2) is 4.34. The first-order valence-electron chi connectivity index (χ1n) is 4.34. The maximum atomic E-state index is 9.63. The van der Waals surface area contributed by atoms with E-state index in [9.17, 15) is 5.11 Å². The van der Waals surface area contributed by atoms with Crippen LogP contribution in [0.15, 0.2) is 0 Å². The molecule has 1 aliphatic rings. The molecule has 0 radical (unpaired) electrons. The van der Waals surface area contributed by atoms with Gasteiger partial charge in [0, 0.05) is 7.11 Å². The number of hydrogen-bond acceptors (Lipinski definition) is 5. The minimum atomic E-state index is -0.860. The fraction of sp³-hybridized carbons (Fsp3) is 1.00. The third-order valence-corrected chi connectivity index (χ3v) is 2.48. The average Bonchev–Trinajstić information content (AvgIpc) is 2.12. The molecule has 0 amide bonds. The SMILES string of the molecule is COC1C(O)C(CO)O[C@H](C)C1N. The van der Waals surface area contributed by atoms with Crippen molar-refractivity contribution in [2.75, 3.05) is 13.7 Å². The molecule has 5 nitrogen and oxygen atoms in total. The molecule has 0 aromatic heterocycles. The third kappa shape index (κ3) is 2.00. The van der Waals surface area contributed by atoms with E-state index in [0.717, 1.165) is 0 Å². The largest absolute Gasteiger partial charge is 0.394 e. The lowest BCUT2D eigenvalue weighted by Gasteiger charge is -2.41. The normalized spacial score (nSPS) is 46.4. The number of aliphatic hydroxyl groups is 2. The summed E-state index contributed by atoms with van der Waals surface area (Å²) in [5.41, 5.74) is 5.75. The molecule has 4 N–H and O–H groups in total. The van der Waals surface area contributed by atoms with E-state index >= 15 is 0 Å². The molecule has 0 aliphatic carbocycles. The first-order chi connectivity index (χ1) is 6.11. The molecule has 78 valence electrons. The Morgan fingerprint density at radius 2 is 2.15 bits per heavy atom.